The number of unbranched alkanes of at least 4 members (excludes halogenated alkanes) is 10. The number of rotatable bonds is 21. The Balaban J connectivity index is 3.73. The second kappa shape index (κ2) is 23.0. The summed E-state index contributed by atoms with van der Waals surface area (Å²) < 4.78 is 28.4. The summed E-state index contributed by atoms with van der Waals surface area (Å²) in [7, 11) is 0. The molecule has 0 unspecified atom stereocenters. The third kappa shape index (κ3) is 21.5. The van der Waals surface area contributed by atoms with E-state index in [1.54, 1.807) is 0 Å². The van der Waals surface area contributed by atoms with Crippen molar-refractivity contribution < 1.29 is 47.6 Å². The molecule has 0 aliphatic heterocycles. The first kappa shape index (κ1) is 32.2. The highest BCUT2D eigenvalue weighted by Crippen LogP contribution is 2.07. The molecule has 0 atom stereocenters. The quantitative estimate of drug-likeness (QED) is 0.0610. The molecule has 10 heteroatoms. The summed E-state index contributed by atoms with van der Waals surface area (Å²) in [6.45, 7) is 6.84. The molecule has 35 heavy (non-hydrogen) atoms. The van der Waals surface area contributed by atoms with E-state index in [1.165, 1.54) is 25.7 Å². The largest absolute Gasteiger partial charge is 0.511 e. The van der Waals surface area contributed by atoms with Crippen LogP contribution in [-0.2, 0) is 38.0 Å². The number of esters is 2. The number of ether oxygens (including phenoxy) is 6. The predicted octanol–water partition coefficient (Wildman–Crippen LogP) is 5.96. The van der Waals surface area contributed by atoms with E-state index in [1.807, 2.05) is 0 Å². The smallest absolute Gasteiger partial charge is 0.434 e. The zero-order valence-electron chi connectivity index (χ0n) is 21.3. The molecule has 0 amide bonds. The number of carbonyl (C=O) groups excluding carboxylic acids is 4. The van der Waals surface area contributed by atoms with E-state index in [0.29, 0.717) is 0 Å². The molecule has 0 saturated heterocycles. The predicted molar refractivity (Wildman–Crippen MR) is 127 cm³/mol. The average molecular weight is 503 g/mol. The first-order chi connectivity index (χ1) is 16.9. The van der Waals surface area contributed by atoms with Crippen LogP contribution in [0.3, 0.4) is 0 Å². The van der Waals surface area contributed by atoms with Gasteiger partial charge < -0.3 is 28.4 Å². The lowest BCUT2D eigenvalue weighted by Crippen LogP contribution is -2.18. The maximum Gasteiger partial charge on any atom is 0.511 e. The van der Waals surface area contributed by atoms with Gasteiger partial charge in [-0.1, -0.05) is 84.6 Å². The highest BCUT2D eigenvalue weighted by molar-refractivity contribution is 5.93. The molecule has 0 aromatic carbocycles. The molecule has 10 nitrogen and oxygen atoms in total. The van der Waals surface area contributed by atoms with Gasteiger partial charge in [0.15, 0.2) is 0 Å². The lowest BCUT2D eigenvalue weighted by Gasteiger charge is -2.09. The van der Waals surface area contributed by atoms with Gasteiger partial charge in [-0.15, -0.1) is 0 Å². The van der Waals surface area contributed by atoms with E-state index in [-0.39, 0.29) is 18.8 Å². The molecule has 0 aromatic heterocycles. The Bertz CT molecular complexity index is 617. The Morgan fingerprint density at radius 3 is 1.46 bits per heavy atom. The van der Waals surface area contributed by atoms with Gasteiger partial charge in [-0.3, -0.25) is 4.79 Å². The van der Waals surface area contributed by atoms with Crippen LogP contribution in [0, 0.1) is 0 Å². The molecule has 0 rings (SSSR count). The van der Waals surface area contributed by atoms with Crippen LogP contribution in [0.1, 0.15) is 97.3 Å². The van der Waals surface area contributed by atoms with Crippen molar-refractivity contribution in [3.8, 4) is 0 Å². The summed E-state index contributed by atoms with van der Waals surface area (Å²) in [5.41, 5.74) is -0.218. The molecule has 202 valence electrons. The third-order valence-electron chi connectivity index (χ3n) is 4.85. The second-order valence-corrected chi connectivity index (χ2v) is 7.99. The van der Waals surface area contributed by atoms with Gasteiger partial charge in [0.05, 0.1) is 19.6 Å². The summed E-state index contributed by atoms with van der Waals surface area (Å²) in [4.78, 5) is 46.4. The highest BCUT2D eigenvalue weighted by atomic mass is 16.8. The van der Waals surface area contributed by atoms with Crippen LogP contribution in [-0.4, -0.2) is 51.0 Å². The van der Waals surface area contributed by atoms with E-state index in [9.17, 15) is 19.2 Å². The molecule has 0 saturated carbocycles. The molecule has 0 radical (unpaired) electrons. The minimum Gasteiger partial charge on any atom is -0.434 e. The molecular formula is C25H42O10. The van der Waals surface area contributed by atoms with Crippen molar-refractivity contribution in [2.75, 3.05) is 26.8 Å². The lowest BCUT2D eigenvalue weighted by atomic mass is 10.1. The normalized spacial score (nSPS) is 10.2. The fraction of sp³-hybridized carbons (Fsp3) is 0.760. The Morgan fingerprint density at radius 1 is 0.543 bits per heavy atom. The van der Waals surface area contributed by atoms with Gasteiger partial charge in [0.2, 0.25) is 13.6 Å². The summed E-state index contributed by atoms with van der Waals surface area (Å²) in [5.74, 6) is -1.79. The van der Waals surface area contributed by atoms with Gasteiger partial charge in [0, 0.05) is 5.57 Å². The van der Waals surface area contributed by atoms with E-state index in [2.05, 4.69) is 29.9 Å². The summed E-state index contributed by atoms with van der Waals surface area (Å²) in [6, 6.07) is 0. The minimum absolute atomic E-state index is 0.218. The zero-order chi connectivity index (χ0) is 26.2. The highest BCUT2D eigenvalue weighted by Gasteiger charge is 2.16. The molecular weight excluding hydrogens is 460 g/mol. The van der Waals surface area contributed by atoms with E-state index in [0.717, 1.165) is 51.4 Å². The fourth-order valence-corrected chi connectivity index (χ4v) is 2.83. The topological polar surface area (TPSA) is 124 Å². The Morgan fingerprint density at radius 2 is 0.971 bits per heavy atom. The SMILES string of the molecule is C=C(CC(=O)OCOC(=O)OCCCCCCCC)C(=O)OCOC(=O)OCCCCCCCC. The fourth-order valence-electron chi connectivity index (χ4n) is 2.83. The van der Waals surface area contributed by atoms with Crippen LogP contribution >= 0.6 is 0 Å². The Kier molecular flexibility index (Phi) is 21.2. The Labute approximate surface area is 208 Å². The molecule has 0 aliphatic rings. The second-order valence-electron chi connectivity index (χ2n) is 7.99. The first-order valence-electron chi connectivity index (χ1n) is 12.5. The van der Waals surface area contributed by atoms with E-state index < -0.39 is 44.3 Å². The van der Waals surface area contributed by atoms with E-state index in [4.69, 9.17) is 18.9 Å². The molecule has 0 N–H and O–H groups in total. The summed E-state index contributed by atoms with van der Waals surface area (Å²) in [5, 5.41) is 0. The average Bonchev–Trinajstić information content (AvgIpc) is 2.82. The molecule has 0 aromatic rings. The maximum absolute atomic E-state index is 11.8. The van der Waals surface area contributed by atoms with Crippen molar-refractivity contribution in [2.24, 2.45) is 0 Å². The monoisotopic (exact) mass is 502 g/mol. The van der Waals surface area contributed by atoms with Crippen LogP contribution < -0.4 is 0 Å². The number of hydrogen-bond acceptors (Lipinski definition) is 10. The van der Waals surface area contributed by atoms with Crippen LogP contribution in [0.25, 0.3) is 0 Å². The van der Waals surface area contributed by atoms with Crippen LogP contribution in [0.15, 0.2) is 12.2 Å². The maximum atomic E-state index is 11.8. The summed E-state index contributed by atoms with van der Waals surface area (Å²) in [6.07, 6.45) is 10.2. The Hall–Kier alpha value is -2.78. The van der Waals surface area contributed by atoms with Crippen molar-refractivity contribution in [3.63, 3.8) is 0 Å². The minimum atomic E-state index is -0.947. The number of carbonyl (C=O) groups is 4. The van der Waals surface area contributed by atoms with Gasteiger partial charge in [-0.25, -0.2) is 14.4 Å². The zero-order valence-corrected chi connectivity index (χ0v) is 21.3. The van der Waals surface area contributed by atoms with Crippen molar-refractivity contribution >= 4 is 24.2 Å². The molecule has 0 bridgehead atoms. The van der Waals surface area contributed by atoms with Gasteiger partial charge in [0.25, 0.3) is 0 Å². The van der Waals surface area contributed by atoms with Gasteiger partial charge in [-0.2, -0.15) is 0 Å². The van der Waals surface area contributed by atoms with Gasteiger partial charge >= 0.3 is 24.2 Å². The molecule has 0 heterocycles. The first-order valence-corrected chi connectivity index (χ1v) is 12.5. The van der Waals surface area contributed by atoms with Crippen molar-refractivity contribution in [2.45, 2.75) is 97.3 Å². The van der Waals surface area contributed by atoms with Crippen LogP contribution in [0.4, 0.5) is 9.59 Å². The lowest BCUT2D eigenvalue weighted by molar-refractivity contribution is -0.156. The van der Waals surface area contributed by atoms with E-state index >= 15 is 0 Å². The summed E-state index contributed by atoms with van der Waals surface area (Å²) >= 11 is 0. The van der Waals surface area contributed by atoms with Gasteiger partial charge in [-0.05, 0) is 12.8 Å². The van der Waals surface area contributed by atoms with Crippen LogP contribution in [0.2, 0.25) is 0 Å². The third-order valence-corrected chi connectivity index (χ3v) is 4.85. The van der Waals surface area contributed by atoms with Crippen molar-refractivity contribution in [1.29, 1.82) is 0 Å². The van der Waals surface area contributed by atoms with Crippen molar-refractivity contribution in [1.82, 2.24) is 0 Å². The molecule has 0 fully saturated rings. The number of hydrogen-bond donors (Lipinski definition) is 0. The van der Waals surface area contributed by atoms with Crippen LogP contribution in [0.5, 0.6) is 0 Å². The standard InChI is InChI=1S/C25H42O10/c1-4-6-8-10-12-14-16-30-24(28)34-19-32-22(26)18-21(3)23(27)33-20-35-25(29)31-17-15-13-11-9-7-5-2/h3-20H2,1-2H3. The van der Waals surface area contributed by atoms with Crippen molar-refractivity contribution in [3.05, 3.63) is 12.2 Å². The van der Waals surface area contributed by atoms with Gasteiger partial charge in [0.1, 0.15) is 0 Å². The molecule has 0 spiro atoms. The molecule has 0 aliphatic carbocycles.